The number of aryl methyl sites for hydroxylation is 1. The van der Waals surface area contributed by atoms with Gasteiger partial charge in [-0.1, -0.05) is 0 Å². The first kappa shape index (κ1) is 14.9. The Morgan fingerprint density at radius 1 is 1.53 bits per heavy atom. The van der Waals surface area contributed by atoms with Gasteiger partial charge < -0.3 is 10.2 Å². The molecule has 5 nitrogen and oxygen atoms in total. The molecule has 0 spiro atoms. The lowest BCUT2D eigenvalue weighted by molar-refractivity contribution is 0.477. The van der Waals surface area contributed by atoms with Gasteiger partial charge in [0.2, 0.25) is 10.0 Å². The van der Waals surface area contributed by atoms with Gasteiger partial charge in [-0.05, 0) is 32.4 Å². The minimum absolute atomic E-state index is 0.0260. The van der Waals surface area contributed by atoms with E-state index in [-0.39, 0.29) is 17.5 Å². The molecule has 108 valence electrons. The molecule has 0 amide bonds. The molecule has 2 atom stereocenters. The number of hydrogen-bond donors (Lipinski definition) is 2. The number of furan rings is 1. The van der Waals surface area contributed by atoms with E-state index in [1.807, 2.05) is 0 Å². The van der Waals surface area contributed by atoms with E-state index in [4.69, 9.17) is 10.2 Å². The van der Waals surface area contributed by atoms with Crippen molar-refractivity contribution < 1.29 is 12.8 Å². The number of hydrogen-bond acceptors (Lipinski definition) is 5. The molecule has 1 aromatic rings. The molecule has 2 rings (SSSR count). The molecule has 1 fully saturated rings. The maximum absolute atomic E-state index is 12.3. The summed E-state index contributed by atoms with van der Waals surface area (Å²) in [5.74, 6) is 0.888. The third kappa shape index (κ3) is 3.34. The first-order valence-electron chi connectivity index (χ1n) is 6.30. The van der Waals surface area contributed by atoms with Crippen LogP contribution in [0.2, 0.25) is 0 Å². The van der Waals surface area contributed by atoms with Crippen molar-refractivity contribution in [2.75, 3.05) is 6.26 Å². The van der Waals surface area contributed by atoms with Gasteiger partial charge in [0.1, 0.15) is 16.4 Å². The highest BCUT2D eigenvalue weighted by Gasteiger charge is 2.30. The van der Waals surface area contributed by atoms with Gasteiger partial charge in [-0.2, -0.15) is 11.8 Å². The van der Waals surface area contributed by atoms with Crippen LogP contribution in [0.25, 0.3) is 0 Å². The van der Waals surface area contributed by atoms with E-state index < -0.39 is 10.0 Å². The second-order valence-corrected chi connectivity index (χ2v) is 7.65. The van der Waals surface area contributed by atoms with E-state index in [1.165, 1.54) is 6.07 Å². The fourth-order valence-electron chi connectivity index (χ4n) is 2.44. The molecule has 1 aliphatic carbocycles. The Labute approximate surface area is 118 Å². The van der Waals surface area contributed by atoms with E-state index in [0.717, 1.165) is 19.3 Å². The van der Waals surface area contributed by atoms with Gasteiger partial charge in [-0.15, -0.1) is 0 Å². The number of sulfonamides is 1. The van der Waals surface area contributed by atoms with Gasteiger partial charge in [-0.3, -0.25) is 0 Å². The highest BCUT2D eigenvalue weighted by atomic mass is 32.2. The Hall–Kier alpha value is -0.500. The molecule has 3 N–H and O–H groups in total. The van der Waals surface area contributed by atoms with Crippen LogP contribution in [0.1, 0.15) is 30.8 Å². The molecule has 7 heteroatoms. The first-order valence-corrected chi connectivity index (χ1v) is 9.08. The monoisotopic (exact) mass is 304 g/mol. The molecule has 1 aromatic heterocycles. The summed E-state index contributed by atoms with van der Waals surface area (Å²) in [4.78, 5) is 0.209. The summed E-state index contributed by atoms with van der Waals surface area (Å²) in [5, 5.41) is 0.553. The summed E-state index contributed by atoms with van der Waals surface area (Å²) in [6.07, 6.45) is 4.91. The smallest absolute Gasteiger partial charge is 0.244 e. The van der Waals surface area contributed by atoms with Crippen LogP contribution >= 0.6 is 11.8 Å². The van der Waals surface area contributed by atoms with Crippen LogP contribution in [0, 0.1) is 6.92 Å². The van der Waals surface area contributed by atoms with Crippen molar-refractivity contribution in [3.8, 4) is 0 Å². The van der Waals surface area contributed by atoms with E-state index in [1.54, 1.807) is 18.7 Å². The van der Waals surface area contributed by atoms with Crippen LogP contribution in [-0.2, 0) is 16.6 Å². The van der Waals surface area contributed by atoms with Gasteiger partial charge in [0.25, 0.3) is 0 Å². The zero-order valence-corrected chi connectivity index (χ0v) is 12.8. The van der Waals surface area contributed by atoms with E-state index >= 15 is 0 Å². The van der Waals surface area contributed by atoms with Gasteiger partial charge in [0.05, 0.1) is 6.54 Å². The minimum Gasteiger partial charge on any atom is -0.464 e. The lowest BCUT2D eigenvalue weighted by Gasteiger charge is -2.12. The van der Waals surface area contributed by atoms with Crippen molar-refractivity contribution in [2.45, 2.75) is 48.9 Å². The fourth-order valence-corrected chi connectivity index (χ4v) is 4.72. The second-order valence-electron chi connectivity index (χ2n) is 4.83. The molecule has 2 unspecified atom stereocenters. The van der Waals surface area contributed by atoms with Gasteiger partial charge >= 0.3 is 0 Å². The number of thioether (sulfide) groups is 1. The topological polar surface area (TPSA) is 85.3 Å². The van der Waals surface area contributed by atoms with Crippen molar-refractivity contribution in [2.24, 2.45) is 5.73 Å². The van der Waals surface area contributed by atoms with E-state index in [9.17, 15) is 8.42 Å². The molecule has 0 bridgehead atoms. The maximum Gasteiger partial charge on any atom is 0.244 e. The van der Waals surface area contributed by atoms with E-state index in [2.05, 4.69) is 11.0 Å². The van der Waals surface area contributed by atoms with Gasteiger partial charge in [-0.25, -0.2) is 13.1 Å². The fraction of sp³-hybridized carbons (Fsp3) is 0.667. The third-order valence-electron chi connectivity index (χ3n) is 3.45. The summed E-state index contributed by atoms with van der Waals surface area (Å²) < 4.78 is 32.7. The number of rotatable bonds is 5. The van der Waals surface area contributed by atoms with Crippen LogP contribution in [0.5, 0.6) is 0 Å². The quantitative estimate of drug-likeness (QED) is 0.863. The van der Waals surface area contributed by atoms with Crippen molar-refractivity contribution in [3.05, 3.63) is 17.6 Å². The SMILES string of the molecule is CSC1CCC(NS(=O)(=O)c2cc(CN)oc2C)C1. The molecular formula is C12H20N2O3S2. The Morgan fingerprint density at radius 3 is 2.79 bits per heavy atom. The molecule has 0 aromatic carbocycles. The molecule has 0 saturated heterocycles. The van der Waals surface area contributed by atoms with Crippen molar-refractivity contribution >= 4 is 21.8 Å². The Balaban J connectivity index is 2.12. The van der Waals surface area contributed by atoms with Gasteiger partial charge in [0.15, 0.2) is 0 Å². The summed E-state index contributed by atoms with van der Waals surface area (Å²) in [6.45, 7) is 1.85. The average Bonchev–Trinajstić information content (AvgIpc) is 2.95. The van der Waals surface area contributed by atoms with Crippen LogP contribution in [-0.4, -0.2) is 26.0 Å². The van der Waals surface area contributed by atoms with Crippen molar-refractivity contribution in [1.29, 1.82) is 0 Å². The summed E-state index contributed by atoms with van der Waals surface area (Å²) in [6, 6.07) is 1.54. The van der Waals surface area contributed by atoms with Crippen LogP contribution in [0.15, 0.2) is 15.4 Å². The van der Waals surface area contributed by atoms with Gasteiger partial charge in [0, 0.05) is 17.4 Å². The predicted octanol–water partition coefficient (Wildman–Crippen LogP) is 1.61. The molecule has 19 heavy (non-hydrogen) atoms. The summed E-state index contributed by atoms with van der Waals surface area (Å²) in [7, 11) is -3.50. The Morgan fingerprint density at radius 2 is 2.26 bits per heavy atom. The highest BCUT2D eigenvalue weighted by molar-refractivity contribution is 7.99. The van der Waals surface area contributed by atoms with Crippen molar-refractivity contribution in [3.63, 3.8) is 0 Å². The Kier molecular flexibility index (Phi) is 4.60. The molecule has 1 saturated carbocycles. The predicted molar refractivity (Wildman–Crippen MR) is 76.6 cm³/mol. The molecular weight excluding hydrogens is 284 g/mol. The zero-order valence-electron chi connectivity index (χ0n) is 11.2. The summed E-state index contributed by atoms with van der Waals surface area (Å²) >= 11 is 1.80. The normalized spacial score (nSPS) is 23.9. The summed E-state index contributed by atoms with van der Waals surface area (Å²) in [5.41, 5.74) is 5.46. The van der Waals surface area contributed by atoms with Crippen LogP contribution < -0.4 is 10.5 Å². The lowest BCUT2D eigenvalue weighted by atomic mass is 10.3. The highest BCUT2D eigenvalue weighted by Crippen LogP contribution is 2.29. The lowest BCUT2D eigenvalue weighted by Crippen LogP contribution is -2.33. The van der Waals surface area contributed by atoms with E-state index in [0.29, 0.717) is 16.8 Å². The maximum atomic E-state index is 12.3. The molecule has 1 aliphatic rings. The second kappa shape index (κ2) is 5.87. The van der Waals surface area contributed by atoms with Crippen molar-refractivity contribution in [1.82, 2.24) is 4.72 Å². The molecule has 0 radical (unpaired) electrons. The number of nitrogens with two attached hydrogens (primary N) is 1. The zero-order chi connectivity index (χ0) is 14.0. The van der Waals surface area contributed by atoms with Crippen LogP contribution in [0.3, 0.4) is 0 Å². The van der Waals surface area contributed by atoms with Crippen LogP contribution in [0.4, 0.5) is 0 Å². The Bertz CT molecular complexity index is 539. The average molecular weight is 304 g/mol. The third-order valence-corrected chi connectivity index (χ3v) is 6.18. The standard InChI is InChI=1S/C12H20N2O3S2/c1-8-12(6-10(7-13)17-8)19(15,16)14-9-3-4-11(5-9)18-2/h6,9,11,14H,3-5,7,13H2,1-2H3. The first-order chi connectivity index (χ1) is 8.96. The largest absolute Gasteiger partial charge is 0.464 e. The number of nitrogens with one attached hydrogen (secondary N) is 1. The molecule has 1 heterocycles. The minimum atomic E-state index is -3.50. The molecule has 0 aliphatic heterocycles.